The Morgan fingerprint density at radius 3 is 2.87 bits per heavy atom. The van der Waals surface area contributed by atoms with Crippen molar-refractivity contribution in [2.45, 2.75) is 30.9 Å². The van der Waals surface area contributed by atoms with Crippen LogP contribution >= 0.6 is 23.5 Å². The predicted molar refractivity (Wildman–Crippen MR) is 86.4 cm³/mol. The average molecular weight is 351 g/mol. The van der Waals surface area contributed by atoms with Crippen molar-refractivity contribution in [3.8, 4) is 0 Å². The van der Waals surface area contributed by atoms with Gasteiger partial charge in [0.1, 0.15) is 6.33 Å². The van der Waals surface area contributed by atoms with Gasteiger partial charge in [0.25, 0.3) is 5.22 Å². The molecular weight excluding hydrogens is 336 g/mol. The number of halogens is 1. The van der Waals surface area contributed by atoms with Gasteiger partial charge in [0, 0.05) is 49.2 Å². The standard InChI is InChI=1S/C14H15ClN6OS/c1-9-18-19-14(22-9)23-20-4-2-10(3-5-20)11-7-21-13(6-12(11)15)16-8-17-21/h6-8,10H,2-5H2,1H3. The number of fused-ring (bicyclic) bond motifs is 1. The fourth-order valence-corrected chi connectivity index (χ4v) is 3.99. The van der Waals surface area contributed by atoms with Crippen LogP contribution in [-0.2, 0) is 0 Å². The van der Waals surface area contributed by atoms with Gasteiger partial charge in [-0.25, -0.2) is 13.8 Å². The number of aromatic nitrogens is 5. The van der Waals surface area contributed by atoms with Crippen LogP contribution in [0.1, 0.15) is 30.2 Å². The molecule has 1 fully saturated rings. The zero-order valence-corrected chi connectivity index (χ0v) is 14.1. The molecule has 3 aromatic rings. The molecule has 0 saturated carbocycles. The Labute approximate surface area is 142 Å². The first-order chi connectivity index (χ1) is 11.2. The predicted octanol–water partition coefficient (Wildman–Crippen LogP) is 2.96. The summed E-state index contributed by atoms with van der Waals surface area (Å²) in [5.41, 5.74) is 1.92. The third-order valence-corrected chi connectivity index (χ3v) is 5.27. The van der Waals surface area contributed by atoms with E-state index in [1.165, 1.54) is 11.9 Å². The largest absolute Gasteiger partial charge is 0.415 e. The summed E-state index contributed by atoms with van der Waals surface area (Å²) < 4.78 is 9.45. The molecular formula is C14H15ClN6OS. The van der Waals surface area contributed by atoms with E-state index in [1.807, 2.05) is 12.3 Å². The molecule has 3 aromatic heterocycles. The van der Waals surface area contributed by atoms with Crippen LogP contribution in [0, 0.1) is 6.92 Å². The summed E-state index contributed by atoms with van der Waals surface area (Å²) in [5, 5.41) is 13.4. The maximum atomic E-state index is 6.43. The van der Waals surface area contributed by atoms with E-state index in [9.17, 15) is 0 Å². The van der Waals surface area contributed by atoms with E-state index in [1.54, 1.807) is 17.8 Å². The van der Waals surface area contributed by atoms with E-state index in [2.05, 4.69) is 24.6 Å². The lowest BCUT2D eigenvalue weighted by Crippen LogP contribution is -2.27. The molecule has 7 nitrogen and oxygen atoms in total. The van der Waals surface area contributed by atoms with E-state index in [4.69, 9.17) is 16.0 Å². The first-order valence-electron chi connectivity index (χ1n) is 7.41. The van der Waals surface area contributed by atoms with Gasteiger partial charge in [-0.3, -0.25) is 0 Å². The van der Waals surface area contributed by atoms with Crippen LogP contribution in [0.4, 0.5) is 0 Å². The molecule has 120 valence electrons. The molecule has 0 amide bonds. The van der Waals surface area contributed by atoms with E-state index >= 15 is 0 Å². The smallest absolute Gasteiger partial charge is 0.292 e. The quantitative estimate of drug-likeness (QED) is 0.672. The first-order valence-corrected chi connectivity index (χ1v) is 8.56. The van der Waals surface area contributed by atoms with Crippen LogP contribution < -0.4 is 0 Å². The van der Waals surface area contributed by atoms with Crippen molar-refractivity contribution in [1.82, 2.24) is 29.1 Å². The highest BCUT2D eigenvalue weighted by Gasteiger charge is 2.24. The van der Waals surface area contributed by atoms with Gasteiger partial charge in [-0.1, -0.05) is 16.7 Å². The van der Waals surface area contributed by atoms with Gasteiger partial charge in [-0.2, -0.15) is 5.10 Å². The van der Waals surface area contributed by atoms with Crippen molar-refractivity contribution >= 4 is 29.2 Å². The van der Waals surface area contributed by atoms with Gasteiger partial charge >= 0.3 is 0 Å². The second kappa shape index (κ2) is 6.10. The minimum Gasteiger partial charge on any atom is -0.415 e. The zero-order valence-electron chi connectivity index (χ0n) is 12.5. The lowest BCUT2D eigenvalue weighted by atomic mass is 9.91. The Morgan fingerprint density at radius 2 is 2.13 bits per heavy atom. The molecule has 0 aliphatic carbocycles. The highest BCUT2D eigenvalue weighted by molar-refractivity contribution is 7.96. The van der Waals surface area contributed by atoms with E-state index < -0.39 is 0 Å². The number of nitrogens with zero attached hydrogens (tertiary/aromatic N) is 6. The summed E-state index contributed by atoms with van der Waals surface area (Å²) in [5.74, 6) is 1.02. The Bertz CT molecular complexity index is 826. The Morgan fingerprint density at radius 1 is 1.30 bits per heavy atom. The molecule has 1 aliphatic heterocycles. The molecule has 4 heterocycles. The lowest BCUT2D eigenvalue weighted by Gasteiger charge is -2.30. The van der Waals surface area contributed by atoms with Crippen LogP contribution in [0.5, 0.6) is 0 Å². The summed E-state index contributed by atoms with van der Waals surface area (Å²) in [6.07, 6.45) is 5.60. The normalized spacial score (nSPS) is 17.1. The summed E-state index contributed by atoms with van der Waals surface area (Å²) in [6, 6.07) is 1.88. The molecule has 4 rings (SSSR count). The molecule has 0 aromatic carbocycles. The zero-order chi connectivity index (χ0) is 15.8. The van der Waals surface area contributed by atoms with Crippen molar-refractivity contribution in [2.24, 2.45) is 0 Å². The van der Waals surface area contributed by atoms with Crippen LogP contribution in [0.3, 0.4) is 0 Å². The maximum absolute atomic E-state index is 6.43. The van der Waals surface area contributed by atoms with Gasteiger partial charge in [0.2, 0.25) is 5.89 Å². The monoisotopic (exact) mass is 350 g/mol. The molecule has 0 spiro atoms. The minimum absolute atomic E-state index is 0.428. The number of pyridine rings is 1. The van der Waals surface area contributed by atoms with E-state index in [-0.39, 0.29) is 0 Å². The van der Waals surface area contributed by atoms with Crippen LogP contribution in [0.25, 0.3) is 5.65 Å². The molecule has 9 heteroatoms. The second-order valence-electron chi connectivity index (χ2n) is 5.52. The Hall–Kier alpha value is -1.64. The van der Waals surface area contributed by atoms with Crippen LogP contribution in [-0.4, -0.2) is 42.2 Å². The molecule has 0 bridgehead atoms. The minimum atomic E-state index is 0.428. The Balaban J connectivity index is 1.44. The second-order valence-corrected chi connectivity index (χ2v) is 6.98. The third-order valence-electron chi connectivity index (χ3n) is 4.00. The SMILES string of the molecule is Cc1nnc(SN2CCC(c3cn4ncnc4cc3Cl)CC2)o1. The molecule has 0 atom stereocenters. The van der Waals surface area contributed by atoms with Gasteiger partial charge in [0.15, 0.2) is 5.65 Å². The topological polar surface area (TPSA) is 72.4 Å². The number of rotatable bonds is 3. The first kappa shape index (κ1) is 14.9. The summed E-state index contributed by atoms with van der Waals surface area (Å²) >= 11 is 7.95. The van der Waals surface area contributed by atoms with Crippen molar-refractivity contribution in [1.29, 1.82) is 0 Å². The molecule has 1 aliphatic rings. The summed E-state index contributed by atoms with van der Waals surface area (Å²) in [4.78, 5) is 4.16. The molecule has 23 heavy (non-hydrogen) atoms. The van der Waals surface area contributed by atoms with E-state index in [0.29, 0.717) is 17.0 Å². The number of piperidine rings is 1. The van der Waals surface area contributed by atoms with Crippen molar-refractivity contribution in [3.05, 3.63) is 35.1 Å². The summed E-state index contributed by atoms with van der Waals surface area (Å²) in [7, 11) is 0. The van der Waals surface area contributed by atoms with Gasteiger partial charge in [-0.05, 0) is 24.3 Å². The number of hydrogen-bond donors (Lipinski definition) is 0. The fraction of sp³-hybridized carbons (Fsp3) is 0.429. The number of aryl methyl sites for hydroxylation is 1. The van der Waals surface area contributed by atoms with Crippen LogP contribution in [0.15, 0.2) is 28.2 Å². The van der Waals surface area contributed by atoms with Crippen molar-refractivity contribution in [2.75, 3.05) is 13.1 Å². The lowest BCUT2D eigenvalue weighted by molar-refractivity contribution is 0.337. The van der Waals surface area contributed by atoms with Gasteiger partial charge < -0.3 is 4.42 Å². The highest BCUT2D eigenvalue weighted by Crippen LogP contribution is 2.35. The van der Waals surface area contributed by atoms with Crippen molar-refractivity contribution < 1.29 is 4.42 Å². The maximum Gasteiger partial charge on any atom is 0.292 e. The molecule has 0 radical (unpaired) electrons. The fourth-order valence-electron chi connectivity index (χ4n) is 2.84. The molecule has 0 unspecified atom stereocenters. The average Bonchev–Trinajstić information content (AvgIpc) is 3.16. The van der Waals surface area contributed by atoms with Gasteiger partial charge in [-0.15, -0.1) is 5.10 Å². The van der Waals surface area contributed by atoms with Gasteiger partial charge in [0.05, 0.1) is 0 Å². The van der Waals surface area contributed by atoms with Crippen LogP contribution in [0.2, 0.25) is 5.02 Å². The number of hydrogen-bond acceptors (Lipinski definition) is 7. The van der Waals surface area contributed by atoms with E-state index in [0.717, 1.165) is 42.2 Å². The molecule has 0 N–H and O–H groups in total. The Kier molecular flexibility index (Phi) is 3.96. The summed E-state index contributed by atoms with van der Waals surface area (Å²) in [6.45, 7) is 3.69. The molecule has 1 saturated heterocycles. The highest BCUT2D eigenvalue weighted by atomic mass is 35.5. The third kappa shape index (κ3) is 3.06. The van der Waals surface area contributed by atoms with Crippen molar-refractivity contribution in [3.63, 3.8) is 0 Å².